The van der Waals surface area contributed by atoms with Crippen LogP contribution in [0.25, 0.3) is 0 Å². The molecular weight excluding hydrogens is 310 g/mol. The number of aryl methyl sites for hydroxylation is 1. The summed E-state index contributed by atoms with van der Waals surface area (Å²) in [4.78, 5) is 4.42. The summed E-state index contributed by atoms with van der Waals surface area (Å²) in [7, 11) is -1.81. The van der Waals surface area contributed by atoms with E-state index in [1.54, 1.807) is 30.2 Å². The van der Waals surface area contributed by atoms with Gasteiger partial charge in [0, 0.05) is 25.6 Å². The molecule has 0 aliphatic rings. The van der Waals surface area contributed by atoms with Gasteiger partial charge in [-0.05, 0) is 12.1 Å². The van der Waals surface area contributed by atoms with Crippen LogP contribution in [-0.4, -0.2) is 34.7 Å². The van der Waals surface area contributed by atoms with Crippen molar-refractivity contribution in [3.63, 3.8) is 0 Å². The summed E-state index contributed by atoms with van der Waals surface area (Å²) in [5.41, 5.74) is 6.10. The molecule has 112 valence electrons. The lowest BCUT2D eigenvalue weighted by Gasteiger charge is -2.06. The highest BCUT2D eigenvalue weighted by Gasteiger charge is 2.13. The fourth-order valence-electron chi connectivity index (χ4n) is 1.68. The van der Waals surface area contributed by atoms with Crippen LogP contribution in [0.2, 0.25) is 0 Å². The van der Waals surface area contributed by atoms with Gasteiger partial charge in [0.05, 0.1) is 4.90 Å². The van der Waals surface area contributed by atoms with E-state index in [2.05, 4.69) is 14.8 Å². The van der Waals surface area contributed by atoms with Gasteiger partial charge in [0.1, 0.15) is 11.3 Å². The van der Waals surface area contributed by atoms with Crippen LogP contribution in [0.3, 0.4) is 0 Å². The molecule has 0 aliphatic heterocycles. The highest BCUT2D eigenvalue weighted by Crippen LogP contribution is 2.10. The molecule has 1 aromatic heterocycles. The Balaban J connectivity index is 1.99. The average Bonchev–Trinajstić information content (AvgIpc) is 2.84. The number of nitrogens with two attached hydrogens (primary N) is 1. The van der Waals surface area contributed by atoms with Crippen molar-refractivity contribution in [2.24, 2.45) is 12.8 Å². The second-order valence-electron chi connectivity index (χ2n) is 4.37. The third-order valence-electron chi connectivity index (χ3n) is 2.74. The molecule has 1 heterocycles. The normalized spacial score (nSPS) is 11.5. The molecule has 0 saturated carbocycles. The molecule has 9 heteroatoms. The molecule has 2 rings (SSSR count). The Morgan fingerprint density at radius 3 is 2.57 bits per heavy atom. The van der Waals surface area contributed by atoms with Crippen molar-refractivity contribution >= 4 is 27.2 Å². The van der Waals surface area contributed by atoms with Gasteiger partial charge in [-0.25, -0.2) is 18.1 Å². The molecule has 0 saturated heterocycles. The van der Waals surface area contributed by atoms with Gasteiger partial charge in [0.25, 0.3) is 0 Å². The lowest BCUT2D eigenvalue weighted by atomic mass is 10.2. The first-order valence-corrected chi connectivity index (χ1v) is 8.02. The number of hydrogen-bond acceptors (Lipinski definition) is 5. The Morgan fingerprint density at radius 1 is 1.38 bits per heavy atom. The highest BCUT2D eigenvalue weighted by molar-refractivity contribution is 7.89. The summed E-state index contributed by atoms with van der Waals surface area (Å²) < 4.78 is 28.2. The highest BCUT2D eigenvalue weighted by atomic mass is 32.2. The number of sulfonamides is 1. The average molecular weight is 325 g/mol. The van der Waals surface area contributed by atoms with Gasteiger partial charge in [0.15, 0.2) is 5.82 Å². The predicted molar refractivity (Wildman–Crippen MR) is 82.2 cm³/mol. The van der Waals surface area contributed by atoms with Crippen LogP contribution < -0.4 is 10.5 Å². The number of thiocarbonyl (C=S) groups is 1. The number of rotatable bonds is 6. The summed E-state index contributed by atoms with van der Waals surface area (Å²) in [6, 6.07) is 6.10. The first kappa shape index (κ1) is 15.5. The maximum absolute atomic E-state index is 12.1. The quantitative estimate of drug-likeness (QED) is 0.723. The molecule has 0 fully saturated rings. The minimum atomic E-state index is -3.56. The molecule has 0 amide bonds. The third kappa shape index (κ3) is 4.06. The number of benzene rings is 1. The second kappa shape index (κ2) is 6.29. The van der Waals surface area contributed by atoms with Gasteiger partial charge < -0.3 is 5.73 Å². The standard InChI is InChI=1S/C12H15N5O2S2/c1-17-8-14-11(16-17)6-7-15-21(18,19)10-4-2-9(3-5-10)12(13)20/h2-5,8,15H,6-7H2,1H3,(H2,13,20). The fourth-order valence-corrected chi connectivity index (χ4v) is 2.85. The van der Waals surface area contributed by atoms with Gasteiger partial charge in [-0.1, -0.05) is 24.4 Å². The van der Waals surface area contributed by atoms with Gasteiger partial charge in [-0.3, -0.25) is 4.68 Å². The molecule has 3 N–H and O–H groups in total. The number of aromatic nitrogens is 3. The summed E-state index contributed by atoms with van der Waals surface area (Å²) in [6.45, 7) is 0.226. The van der Waals surface area contributed by atoms with E-state index in [1.165, 1.54) is 12.1 Å². The molecule has 0 unspecified atom stereocenters. The molecule has 0 atom stereocenters. The van der Waals surface area contributed by atoms with E-state index in [4.69, 9.17) is 18.0 Å². The zero-order chi connectivity index (χ0) is 15.5. The Morgan fingerprint density at radius 2 is 2.05 bits per heavy atom. The largest absolute Gasteiger partial charge is 0.389 e. The molecular formula is C12H15N5O2S2. The molecule has 0 spiro atoms. The smallest absolute Gasteiger partial charge is 0.240 e. The van der Waals surface area contributed by atoms with Crippen LogP contribution in [0.15, 0.2) is 35.5 Å². The van der Waals surface area contributed by atoms with Crippen LogP contribution in [0.4, 0.5) is 0 Å². The maximum Gasteiger partial charge on any atom is 0.240 e. The Labute approximate surface area is 128 Å². The molecule has 0 bridgehead atoms. The number of nitrogens with one attached hydrogen (secondary N) is 1. The molecule has 2 aromatic rings. The van der Waals surface area contributed by atoms with Crippen LogP contribution in [0.5, 0.6) is 0 Å². The van der Waals surface area contributed by atoms with Gasteiger partial charge >= 0.3 is 0 Å². The first-order valence-electron chi connectivity index (χ1n) is 6.12. The van der Waals surface area contributed by atoms with Crippen LogP contribution in [0, 0.1) is 0 Å². The predicted octanol–water partition coefficient (Wildman–Crippen LogP) is -0.0297. The van der Waals surface area contributed by atoms with E-state index in [0.717, 1.165) is 0 Å². The summed E-state index contributed by atoms with van der Waals surface area (Å²) >= 11 is 4.82. The Bertz CT molecular complexity index is 737. The third-order valence-corrected chi connectivity index (χ3v) is 4.45. The van der Waals surface area contributed by atoms with Crippen molar-refractivity contribution in [3.05, 3.63) is 42.0 Å². The lowest BCUT2D eigenvalue weighted by Crippen LogP contribution is -2.26. The van der Waals surface area contributed by atoms with Crippen molar-refractivity contribution in [1.29, 1.82) is 0 Å². The van der Waals surface area contributed by atoms with Gasteiger partial charge in [0.2, 0.25) is 10.0 Å². The Kier molecular flexibility index (Phi) is 4.66. The van der Waals surface area contributed by atoms with E-state index in [0.29, 0.717) is 17.8 Å². The monoisotopic (exact) mass is 325 g/mol. The van der Waals surface area contributed by atoms with Crippen LogP contribution in [-0.2, 0) is 23.5 Å². The van der Waals surface area contributed by atoms with E-state index < -0.39 is 10.0 Å². The van der Waals surface area contributed by atoms with Gasteiger partial charge in [-0.2, -0.15) is 5.10 Å². The second-order valence-corrected chi connectivity index (χ2v) is 6.58. The zero-order valence-electron chi connectivity index (χ0n) is 11.4. The number of hydrogen-bond donors (Lipinski definition) is 2. The zero-order valence-corrected chi connectivity index (χ0v) is 13.0. The number of nitrogens with zero attached hydrogens (tertiary/aromatic N) is 3. The van der Waals surface area contributed by atoms with Crippen molar-refractivity contribution < 1.29 is 8.42 Å². The summed E-state index contributed by atoms with van der Waals surface area (Å²) in [6.07, 6.45) is 1.99. The lowest BCUT2D eigenvalue weighted by molar-refractivity contribution is 0.580. The van der Waals surface area contributed by atoms with E-state index in [-0.39, 0.29) is 16.4 Å². The molecule has 0 aliphatic carbocycles. The van der Waals surface area contributed by atoms with Crippen molar-refractivity contribution in [1.82, 2.24) is 19.5 Å². The summed E-state index contributed by atoms with van der Waals surface area (Å²) in [5, 5.41) is 4.08. The molecule has 21 heavy (non-hydrogen) atoms. The molecule has 7 nitrogen and oxygen atoms in total. The van der Waals surface area contributed by atoms with Crippen molar-refractivity contribution in [2.45, 2.75) is 11.3 Å². The molecule has 1 aromatic carbocycles. The van der Waals surface area contributed by atoms with Crippen LogP contribution in [0.1, 0.15) is 11.4 Å². The molecule has 0 radical (unpaired) electrons. The van der Waals surface area contributed by atoms with Crippen LogP contribution >= 0.6 is 12.2 Å². The topological polar surface area (TPSA) is 103 Å². The Hall–Kier alpha value is -1.84. The summed E-state index contributed by atoms with van der Waals surface area (Å²) in [5.74, 6) is 0.587. The van der Waals surface area contributed by atoms with E-state index in [1.807, 2.05) is 0 Å². The van der Waals surface area contributed by atoms with E-state index in [9.17, 15) is 8.42 Å². The fraction of sp³-hybridized carbons (Fsp3) is 0.250. The maximum atomic E-state index is 12.1. The minimum absolute atomic E-state index is 0.163. The van der Waals surface area contributed by atoms with E-state index >= 15 is 0 Å². The first-order chi connectivity index (χ1) is 9.88. The van der Waals surface area contributed by atoms with Crippen molar-refractivity contribution in [3.8, 4) is 0 Å². The van der Waals surface area contributed by atoms with Gasteiger partial charge in [-0.15, -0.1) is 0 Å². The van der Waals surface area contributed by atoms with Crippen molar-refractivity contribution in [2.75, 3.05) is 6.54 Å². The SMILES string of the molecule is Cn1cnc(CCNS(=O)(=O)c2ccc(C(N)=S)cc2)n1. The minimum Gasteiger partial charge on any atom is -0.389 e.